The summed E-state index contributed by atoms with van der Waals surface area (Å²) in [6, 6.07) is 2.66. The zero-order valence-electron chi connectivity index (χ0n) is 17.8. The normalized spacial score (nSPS) is 20.2. The van der Waals surface area contributed by atoms with Crippen LogP contribution in [-0.2, 0) is 12.7 Å². The molecule has 0 spiro atoms. The predicted octanol–water partition coefficient (Wildman–Crippen LogP) is 4.41. The molecule has 1 aliphatic rings. The average Bonchev–Trinajstić information content (AvgIpc) is 2.71. The molecular weight excluding hydrogens is 456 g/mol. The van der Waals surface area contributed by atoms with Crippen molar-refractivity contribution in [1.29, 1.82) is 0 Å². The highest BCUT2D eigenvalue weighted by atomic mass is 19.4. The minimum absolute atomic E-state index is 0.0373. The Morgan fingerprint density at radius 3 is 2.52 bits per heavy atom. The largest absolute Gasteiger partial charge is 0.477 e. The van der Waals surface area contributed by atoms with E-state index in [9.17, 15) is 31.4 Å². The lowest BCUT2D eigenvalue weighted by molar-refractivity contribution is -0.140. The van der Waals surface area contributed by atoms with Gasteiger partial charge in [-0.1, -0.05) is 19.9 Å². The van der Waals surface area contributed by atoms with Crippen LogP contribution in [0.15, 0.2) is 24.5 Å². The number of hydrogen-bond donors (Lipinski definition) is 3. The predicted molar refractivity (Wildman–Crippen MR) is 107 cm³/mol. The van der Waals surface area contributed by atoms with Crippen LogP contribution in [0.2, 0.25) is 0 Å². The smallest absolute Gasteiger partial charge is 0.421 e. The van der Waals surface area contributed by atoms with Gasteiger partial charge in [0.2, 0.25) is 11.8 Å². The Morgan fingerprint density at radius 1 is 1.18 bits per heavy atom. The van der Waals surface area contributed by atoms with E-state index in [1.165, 1.54) is 12.3 Å². The molecule has 1 saturated carbocycles. The summed E-state index contributed by atoms with van der Waals surface area (Å²) in [5.74, 6) is -0.601. The molecule has 2 atom stereocenters. The topological polar surface area (TPSA) is 92.2 Å². The van der Waals surface area contributed by atoms with E-state index in [0.717, 1.165) is 0 Å². The molecule has 3 rings (SSSR count). The lowest BCUT2D eigenvalue weighted by Gasteiger charge is -2.49. The maximum atomic E-state index is 13.4. The fourth-order valence-corrected chi connectivity index (χ4v) is 3.22. The maximum absolute atomic E-state index is 13.4. The maximum Gasteiger partial charge on any atom is 0.421 e. The number of halogens is 6. The van der Waals surface area contributed by atoms with Crippen LogP contribution in [0.3, 0.4) is 0 Å². The summed E-state index contributed by atoms with van der Waals surface area (Å²) in [6.45, 7) is 2.79. The lowest BCUT2D eigenvalue weighted by Crippen LogP contribution is -2.57. The quantitative estimate of drug-likeness (QED) is 0.483. The number of aliphatic hydroxyl groups excluding tert-OH is 1. The number of aliphatic hydroxyl groups is 1. The third kappa shape index (κ3) is 6.15. The van der Waals surface area contributed by atoms with Crippen LogP contribution in [-0.4, -0.2) is 45.0 Å². The minimum atomic E-state index is -4.70. The lowest BCUT2D eigenvalue weighted by atomic mass is 9.64. The third-order valence-corrected chi connectivity index (χ3v) is 5.53. The van der Waals surface area contributed by atoms with Crippen molar-refractivity contribution in [3.8, 4) is 5.88 Å². The van der Waals surface area contributed by atoms with Crippen LogP contribution < -0.4 is 15.4 Å². The van der Waals surface area contributed by atoms with E-state index in [4.69, 9.17) is 4.74 Å². The van der Waals surface area contributed by atoms with Gasteiger partial charge < -0.3 is 20.5 Å². The van der Waals surface area contributed by atoms with Crippen LogP contribution in [0.25, 0.3) is 0 Å². The molecule has 7 nitrogen and oxygen atoms in total. The van der Waals surface area contributed by atoms with Crippen molar-refractivity contribution in [3.05, 3.63) is 35.7 Å². The van der Waals surface area contributed by atoms with Gasteiger partial charge in [-0.3, -0.25) is 0 Å². The summed E-state index contributed by atoms with van der Waals surface area (Å²) < 4.78 is 82.4. The number of pyridine rings is 1. The molecule has 13 heteroatoms. The molecule has 0 amide bonds. The summed E-state index contributed by atoms with van der Waals surface area (Å²) >= 11 is 0. The Kier molecular flexibility index (Phi) is 6.91. The molecule has 1 fully saturated rings. The summed E-state index contributed by atoms with van der Waals surface area (Å²) in [7, 11) is 0. The van der Waals surface area contributed by atoms with Crippen LogP contribution >= 0.6 is 0 Å². The molecule has 2 aromatic heterocycles. The van der Waals surface area contributed by atoms with E-state index in [-0.39, 0.29) is 24.8 Å². The first-order valence-corrected chi connectivity index (χ1v) is 10.0. The van der Waals surface area contributed by atoms with Gasteiger partial charge in [-0.15, -0.1) is 0 Å². The SMILES string of the molecule is CC1(C)[C@H](O)C[C@H]1Nc1nc(NCc2cccnc2OCCC(F)(F)F)ncc1C(F)(F)F. The fraction of sp³-hybridized carbons (Fsp3) is 0.550. The highest BCUT2D eigenvalue weighted by molar-refractivity contribution is 5.50. The third-order valence-electron chi connectivity index (χ3n) is 5.53. The molecule has 182 valence electrons. The number of alkyl halides is 6. The van der Waals surface area contributed by atoms with Crippen LogP contribution in [0.5, 0.6) is 5.88 Å². The van der Waals surface area contributed by atoms with Crippen molar-refractivity contribution in [1.82, 2.24) is 15.0 Å². The highest BCUT2D eigenvalue weighted by Gasteiger charge is 2.48. The summed E-state index contributed by atoms with van der Waals surface area (Å²) in [5.41, 5.74) is -1.32. The fourth-order valence-electron chi connectivity index (χ4n) is 3.22. The van der Waals surface area contributed by atoms with E-state index in [0.29, 0.717) is 11.8 Å². The molecule has 2 heterocycles. The van der Waals surface area contributed by atoms with E-state index in [2.05, 4.69) is 25.6 Å². The minimum Gasteiger partial charge on any atom is -0.477 e. The first-order valence-electron chi connectivity index (χ1n) is 10.0. The van der Waals surface area contributed by atoms with Crippen molar-refractivity contribution in [2.24, 2.45) is 5.41 Å². The number of aromatic nitrogens is 3. The van der Waals surface area contributed by atoms with Gasteiger partial charge in [0.05, 0.1) is 19.1 Å². The van der Waals surface area contributed by atoms with Gasteiger partial charge in [0.1, 0.15) is 11.4 Å². The van der Waals surface area contributed by atoms with Gasteiger partial charge in [-0.25, -0.2) is 9.97 Å². The average molecular weight is 479 g/mol. The summed E-state index contributed by atoms with van der Waals surface area (Å²) in [5, 5.41) is 15.4. The van der Waals surface area contributed by atoms with Gasteiger partial charge in [0.15, 0.2) is 0 Å². The van der Waals surface area contributed by atoms with E-state index in [1.807, 2.05) is 0 Å². The monoisotopic (exact) mass is 479 g/mol. The van der Waals surface area contributed by atoms with Crippen molar-refractivity contribution < 1.29 is 36.2 Å². The number of nitrogens with zero attached hydrogens (tertiary/aromatic N) is 3. The molecule has 0 radical (unpaired) electrons. The zero-order chi connectivity index (χ0) is 24.4. The second-order valence-corrected chi connectivity index (χ2v) is 8.26. The van der Waals surface area contributed by atoms with Crippen LogP contribution in [0.1, 0.15) is 37.8 Å². The van der Waals surface area contributed by atoms with Gasteiger partial charge in [0, 0.05) is 36.0 Å². The van der Waals surface area contributed by atoms with E-state index < -0.39 is 54.3 Å². The first kappa shape index (κ1) is 24.8. The Morgan fingerprint density at radius 2 is 1.91 bits per heavy atom. The second kappa shape index (κ2) is 9.20. The summed E-state index contributed by atoms with van der Waals surface area (Å²) in [4.78, 5) is 11.6. The number of ether oxygens (including phenoxy) is 1. The van der Waals surface area contributed by atoms with Crippen molar-refractivity contribution >= 4 is 11.8 Å². The molecule has 3 N–H and O–H groups in total. The van der Waals surface area contributed by atoms with Gasteiger partial charge >= 0.3 is 12.4 Å². The molecule has 1 aliphatic carbocycles. The molecule has 0 aromatic carbocycles. The van der Waals surface area contributed by atoms with E-state index >= 15 is 0 Å². The molecule has 0 aliphatic heterocycles. The van der Waals surface area contributed by atoms with Gasteiger partial charge in [0.25, 0.3) is 0 Å². The molecule has 0 bridgehead atoms. The van der Waals surface area contributed by atoms with Crippen molar-refractivity contribution in [2.45, 2.75) is 57.7 Å². The van der Waals surface area contributed by atoms with Gasteiger partial charge in [-0.05, 0) is 12.5 Å². The Labute approximate surface area is 185 Å². The summed E-state index contributed by atoms with van der Waals surface area (Å²) in [6.07, 6.45) is -8.62. The Hall–Kier alpha value is -2.83. The Bertz CT molecular complexity index is 967. The van der Waals surface area contributed by atoms with Crippen LogP contribution in [0.4, 0.5) is 38.1 Å². The number of anilines is 2. The van der Waals surface area contributed by atoms with Gasteiger partial charge in [-0.2, -0.15) is 31.3 Å². The second-order valence-electron chi connectivity index (χ2n) is 8.26. The van der Waals surface area contributed by atoms with E-state index in [1.54, 1.807) is 19.9 Å². The molecule has 0 saturated heterocycles. The Balaban J connectivity index is 1.73. The van der Waals surface area contributed by atoms with Crippen molar-refractivity contribution in [3.63, 3.8) is 0 Å². The number of rotatable bonds is 8. The molecule has 0 unspecified atom stereocenters. The molecule has 2 aromatic rings. The zero-order valence-corrected chi connectivity index (χ0v) is 17.8. The molecule has 33 heavy (non-hydrogen) atoms. The first-order chi connectivity index (χ1) is 15.3. The standard InChI is InChI=1S/C20H23F6N5O2/c1-18(2)13(8-14(18)32)30-15-12(20(24,25)26)10-29-17(31-15)28-9-11-4-3-6-27-16(11)33-7-5-19(21,22)23/h3-4,6,10,13-14,32H,5,7-9H2,1-2H3,(H2,28,29,30,31)/t13-,14-/m1/s1. The van der Waals surface area contributed by atoms with Crippen molar-refractivity contribution in [2.75, 3.05) is 17.2 Å². The van der Waals surface area contributed by atoms with Crippen LogP contribution in [0, 0.1) is 5.41 Å². The highest BCUT2D eigenvalue weighted by Crippen LogP contribution is 2.43. The number of hydrogen-bond acceptors (Lipinski definition) is 7. The number of nitrogens with one attached hydrogen (secondary N) is 2. The molecular formula is C20H23F6N5O2.